The zero-order chi connectivity index (χ0) is 31.6. The van der Waals surface area contributed by atoms with Crippen LogP contribution in [0.25, 0.3) is 27.4 Å². The monoisotopic (exact) mass is 613 g/mol. The van der Waals surface area contributed by atoms with Crippen molar-refractivity contribution >= 4 is 39.4 Å². The lowest BCUT2D eigenvalue weighted by Crippen LogP contribution is -2.40. The SMILES string of the molecule is CNC1CCN(C(=O)c2cn3c4c(c(N5CCC(NC(=O)OC(C)(C)C)C5)c(F)cc4c2=O)Oc2cc4ccccc4cc2-3)C1. The summed E-state index contributed by atoms with van der Waals surface area (Å²) < 4.78 is 29.9. The number of amides is 2. The highest BCUT2D eigenvalue weighted by atomic mass is 19.1. The molecule has 2 atom stereocenters. The Balaban J connectivity index is 1.35. The van der Waals surface area contributed by atoms with Crippen LogP contribution in [0.4, 0.5) is 14.9 Å². The number of pyridine rings is 1. The molecule has 0 spiro atoms. The highest BCUT2D eigenvalue weighted by molar-refractivity contribution is 6.02. The minimum absolute atomic E-state index is 0.0128. The number of carbonyl (C=O) groups excluding carboxylic acids is 2. The van der Waals surface area contributed by atoms with Gasteiger partial charge in [-0.1, -0.05) is 24.3 Å². The van der Waals surface area contributed by atoms with Gasteiger partial charge in [0.25, 0.3) is 5.91 Å². The molecule has 0 bridgehead atoms. The molecular weight excluding hydrogens is 577 g/mol. The summed E-state index contributed by atoms with van der Waals surface area (Å²) in [6.07, 6.45) is 2.41. The second-order valence-corrected chi connectivity index (χ2v) is 13.0. The molecule has 0 radical (unpaired) electrons. The summed E-state index contributed by atoms with van der Waals surface area (Å²) in [6.45, 7) is 7.18. The third-order valence-corrected chi connectivity index (χ3v) is 8.81. The number of nitrogens with zero attached hydrogens (tertiary/aromatic N) is 3. The van der Waals surface area contributed by atoms with Crippen molar-refractivity contribution in [1.82, 2.24) is 20.1 Å². The Kier molecular flexibility index (Phi) is 6.96. The highest BCUT2D eigenvalue weighted by Gasteiger charge is 2.35. The Labute approximate surface area is 259 Å². The van der Waals surface area contributed by atoms with Crippen LogP contribution >= 0.6 is 0 Å². The van der Waals surface area contributed by atoms with E-state index < -0.39 is 22.9 Å². The molecule has 2 amide bonds. The van der Waals surface area contributed by atoms with Crippen LogP contribution in [0.2, 0.25) is 0 Å². The Morgan fingerprint density at radius 3 is 2.47 bits per heavy atom. The molecule has 234 valence electrons. The number of carbonyl (C=O) groups is 2. The Bertz CT molecular complexity index is 1930. The first-order valence-corrected chi connectivity index (χ1v) is 15.3. The third kappa shape index (κ3) is 5.14. The molecule has 4 aromatic rings. The summed E-state index contributed by atoms with van der Waals surface area (Å²) in [6, 6.07) is 12.8. The summed E-state index contributed by atoms with van der Waals surface area (Å²) in [4.78, 5) is 43.6. The third-order valence-electron chi connectivity index (χ3n) is 8.81. The number of alkyl carbamates (subject to hydrolysis) is 1. The summed E-state index contributed by atoms with van der Waals surface area (Å²) in [5.41, 5.74) is 0.0616. The standard InChI is InChI=1S/C34H36FN5O5/c1-34(2,3)45-33(43)37-22-10-11-38(17-22)29-25(35)15-23-28-31(29)44-27-14-20-8-6-5-7-19(20)13-26(27)40(28)18-24(30(23)41)32(42)39-12-9-21(16-39)36-4/h5-8,13-15,18,21-22,36H,9-12,16-17H2,1-4H3,(H,37,43). The van der Waals surface area contributed by atoms with Gasteiger partial charge in [0.15, 0.2) is 17.3 Å². The normalized spacial score (nSPS) is 19.1. The zero-order valence-corrected chi connectivity index (χ0v) is 25.8. The quantitative estimate of drug-likeness (QED) is 0.296. The minimum Gasteiger partial charge on any atom is -0.451 e. The van der Waals surface area contributed by atoms with Gasteiger partial charge in [0.2, 0.25) is 5.43 Å². The minimum atomic E-state index is -0.643. The van der Waals surface area contributed by atoms with Crippen molar-refractivity contribution in [3.8, 4) is 17.2 Å². The topological polar surface area (TPSA) is 105 Å². The lowest BCUT2D eigenvalue weighted by atomic mass is 10.0. The van der Waals surface area contributed by atoms with Crippen LogP contribution in [0.3, 0.4) is 0 Å². The molecule has 3 aliphatic heterocycles. The molecule has 2 fully saturated rings. The van der Waals surface area contributed by atoms with Gasteiger partial charge in [-0.05, 0) is 69.6 Å². The van der Waals surface area contributed by atoms with Gasteiger partial charge in [-0.25, -0.2) is 9.18 Å². The number of anilines is 1. The van der Waals surface area contributed by atoms with E-state index in [1.807, 2.05) is 48.3 Å². The first-order chi connectivity index (χ1) is 21.5. The van der Waals surface area contributed by atoms with E-state index in [2.05, 4.69) is 10.6 Å². The number of rotatable bonds is 4. The fourth-order valence-corrected chi connectivity index (χ4v) is 6.64. The van der Waals surface area contributed by atoms with E-state index in [1.165, 1.54) is 6.07 Å². The largest absolute Gasteiger partial charge is 0.451 e. The van der Waals surface area contributed by atoms with Crippen molar-refractivity contribution in [3.05, 3.63) is 70.3 Å². The molecule has 45 heavy (non-hydrogen) atoms. The number of halogens is 1. The van der Waals surface area contributed by atoms with Gasteiger partial charge in [0.05, 0.1) is 17.1 Å². The van der Waals surface area contributed by atoms with E-state index >= 15 is 4.39 Å². The van der Waals surface area contributed by atoms with Crippen molar-refractivity contribution < 1.29 is 23.5 Å². The van der Waals surface area contributed by atoms with Crippen molar-refractivity contribution in [1.29, 1.82) is 0 Å². The Hall–Kier alpha value is -4.64. The highest BCUT2D eigenvalue weighted by Crippen LogP contribution is 2.48. The summed E-state index contributed by atoms with van der Waals surface area (Å²) >= 11 is 0. The van der Waals surface area contributed by atoms with Gasteiger partial charge in [-0.15, -0.1) is 0 Å². The first-order valence-electron chi connectivity index (χ1n) is 15.3. The molecule has 0 aliphatic carbocycles. The first kappa shape index (κ1) is 29.1. The maximum atomic E-state index is 16.2. The fourth-order valence-electron chi connectivity index (χ4n) is 6.64. The van der Waals surface area contributed by atoms with Gasteiger partial charge in [-0.3, -0.25) is 9.59 Å². The number of likely N-dealkylation sites (tertiary alicyclic amines) is 1. The number of aromatic nitrogens is 1. The van der Waals surface area contributed by atoms with Crippen LogP contribution in [0.1, 0.15) is 44.0 Å². The fraction of sp³-hybridized carbons (Fsp3) is 0.382. The smallest absolute Gasteiger partial charge is 0.407 e. The second-order valence-electron chi connectivity index (χ2n) is 13.0. The molecule has 1 aromatic heterocycles. The molecule has 7 rings (SSSR count). The average molecular weight is 614 g/mol. The number of likely N-dealkylation sites (N-methyl/N-ethyl adjacent to an activating group) is 1. The van der Waals surface area contributed by atoms with Crippen LogP contribution in [0.5, 0.6) is 11.5 Å². The molecule has 4 heterocycles. The van der Waals surface area contributed by atoms with Gasteiger partial charge in [0, 0.05) is 38.4 Å². The molecule has 2 N–H and O–H groups in total. The number of hydrogen-bond donors (Lipinski definition) is 2. The van der Waals surface area contributed by atoms with Gasteiger partial charge >= 0.3 is 6.09 Å². The zero-order valence-electron chi connectivity index (χ0n) is 25.8. The van der Waals surface area contributed by atoms with Crippen LogP contribution in [-0.4, -0.2) is 72.4 Å². The molecular formula is C34H36FN5O5. The van der Waals surface area contributed by atoms with Crippen LogP contribution in [0, 0.1) is 5.82 Å². The summed E-state index contributed by atoms with van der Waals surface area (Å²) in [5, 5.41) is 8.05. The van der Waals surface area contributed by atoms with E-state index in [1.54, 1.807) is 36.4 Å². The molecule has 2 saturated heterocycles. The second kappa shape index (κ2) is 10.8. The number of benzene rings is 3. The predicted molar refractivity (Wildman–Crippen MR) is 170 cm³/mol. The Morgan fingerprint density at radius 2 is 1.76 bits per heavy atom. The van der Waals surface area contributed by atoms with Crippen molar-refractivity contribution in [3.63, 3.8) is 0 Å². The van der Waals surface area contributed by atoms with Gasteiger partial charge in [0.1, 0.15) is 22.4 Å². The van der Waals surface area contributed by atoms with E-state index in [9.17, 15) is 14.4 Å². The van der Waals surface area contributed by atoms with Crippen LogP contribution in [-0.2, 0) is 4.74 Å². The van der Waals surface area contributed by atoms with E-state index in [-0.39, 0.29) is 40.4 Å². The van der Waals surface area contributed by atoms with Crippen molar-refractivity contribution in [2.75, 3.05) is 38.1 Å². The van der Waals surface area contributed by atoms with Crippen LogP contribution < -0.4 is 25.7 Å². The molecule has 0 saturated carbocycles. The summed E-state index contributed by atoms with van der Waals surface area (Å²) in [7, 11) is 1.85. The number of hydrogen-bond acceptors (Lipinski definition) is 7. The van der Waals surface area contributed by atoms with Gasteiger partial charge in [-0.2, -0.15) is 0 Å². The maximum absolute atomic E-state index is 16.2. The lowest BCUT2D eigenvalue weighted by molar-refractivity contribution is 0.0508. The average Bonchev–Trinajstić information content (AvgIpc) is 3.66. The summed E-state index contributed by atoms with van der Waals surface area (Å²) in [5.74, 6) is -0.322. The molecule has 11 heteroatoms. The number of ether oxygens (including phenoxy) is 2. The maximum Gasteiger partial charge on any atom is 0.407 e. The van der Waals surface area contributed by atoms with E-state index in [0.717, 1.165) is 17.2 Å². The van der Waals surface area contributed by atoms with Crippen LogP contribution in [0.15, 0.2) is 53.5 Å². The predicted octanol–water partition coefficient (Wildman–Crippen LogP) is 4.93. The molecule has 3 aromatic carbocycles. The molecule has 10 nitrogen and oxygen atoms in total. The number of fused-ring (bicyclic) bond motifs is 3. The van der Waals surface area contributed by atoms with E-state index in [0.29, 0.717) is 49.6 Å². The number of nitrogens with one attached hydrogen (secondary N) is 2. The van der Waals surface area contributed by atoms with Gasteiger partial charge < -0.3 is 34.5 Å². The van der Waals surface area contributed by atoms with Crippen molar-refractivity contribution in [2.45, 2.75) is 51.3 Å². The Morgan fingerprint density at radius 1 is 1.02 bits per heavy atom. The molecule has 3 aliphatic rings. The lowest BCUT2D eigenvalue weighted by Gasteiger charge is -2.30. The van der Waals surface area contributed by atoms with E-state index in [4.69, 9.17) is 9.47 Å². The molecule has 2 unspecified atom stereocenters. The van der Waals surface area contributed by atoms with Crippen molar-refractivity contribution in [2.24, 2.45) is 0 Å².